The van der Waals surface area contributed by atoms with Crippen molar-refractivity contribution in [1.82, 2.24) is 4.98 Å². The molecular weight excluding hydrogens is 150 g/mol. The molecule has 12 heavy (non-hydrogen) atoms. The Bertz CT molecular complexity index is 231. The van der Waals surface area contributed by atoms with Crippen molar-refractivity contribution < 1.29 is 4.74 Å². The van der Waals surface area contributed by atoms with Crippen LogP contribution in [0.4, 0.5) is 0 Å². The van der Waals surface area contributed by atoms with Crippen molar-refractivity contribution in [3.8, 4) is 5.75 Å². The molecule has 2 heteroatoms. The topological polar surface area (TPSA) is 22.1 Å². The minimum atomic E-state index is 0.783. The number of ether oxygens (including phenoxy) is 1. The molecule has 1 saturated carbocycles. The largest absolute Gasteiger partial charge is 0.492 e. The van der Waals surface area contributed by atoms with Crippen LogP contribution < -0.4 is 4.74 Å². The van der Waals surface area contributed by atoms with Crippen molar-refractivity contribution in [3.63, 3.8) is 0 Å². The van der Waals surface area contributed by atoms with Crippen LogP contribution in [0, 0.1) is 12.0 Å². The maximum absolute atomic E-state index is 5.52. The predicted molar refractivity (Wildman–Crippen MR) is 45.9 cm³/mol. The van der Waals surface area contributed by atoms with Crippen molar-refractivity contribution in [2.24, 2.45) is 5.92 Å². The van der Waals surface area contributed by atoms with Gasteiger partial charge in [-0.25, -0.2) is 0 Å². The molecule has 1 aliphatic rings. The second-order valence-corrected chi connectivity index (χ2v) is 3.23. The van der Waals surface area contributed by atoms with Gasteiger partial charge in [-0.2, -0.15) is 0 Å². The van der Waals surface area contributed by atoms with Gasteiger partial charge in [0.15, 0.2) is 0 Å². The van der Waals surface area contributed by atoms with Crippen LogP contribution in [0.5, 0.6) is 5.75 Å². The number of rotatable bonds is 3. The Morgan fingerprint density at radius 2 is 2.50 bits per heavy atom. The average molecular weight is 162 g/mol. The van der Waals surface area contributed by atoms with Crippen LogP contribution >= 0.6 is 0 Å². The zero-order valence-electron chi connectivity index (χ0n) is 6.99. The van der Waals surface area contributed by atoms with Crippen molar-refractivity contribution in [2.45, 2.75) is 19.3 Å². The molecule has 0 bridgehead atoms. The molecule has 0 saturated heterocycles. The number of pyridine rings is 1. The third-order valence-electron chi connectivity index (χ3n) is 2.29. The molecule has 1 aromatic heterocycles. The molecule has 1 fully saturated rings. The summed E-state index contributed by atoms with van der Waals surface area (Å²) in [6, 6.07) is 4.71. The van der Waals surface area contributed by atoms with Crippen LogP contribution in [0.1, 0.15) is 19.3 Å². The van der Waals surface area contributed by atoms with Gasteiger partial charge in [0, 0.05) is 12.3 Å². The molecule has 0 atom stereocenters. The first kappa shape index (κ1) is 7.59. The number of hydrogen-bond acceptors (Lipinski definition) is 2. The van der Waals surface area contributed by atoms with Gasteiger partial charge in [0.05, 0.1) is 12.8 Å². The average Bonchev–Trinajstić information content (AvgIpc) is 2.04. The zero-order valence-corrected chi connectivity index (χ0v) is 6.99. The van der Waals surface area contributed by atoms with E-state index in [0.29, 0.717) is 0 Å². The highest BCUT2D eigenvalue weighted by molar-refractivity contribution is 5.14. The van der Waals surface area contributed by atoms with E-state index in [2.05, 4.69) is 11.1 Å². The lowest BCUT2D eigenvalue weighted by atomic mass is 9.86. The van der Waals surface area contributed by atoms with Gasteiger partial charge in [-0.05, 0) is 24.8 Å². The molecule has 0 aliphatic heterocycles. The van der Waals surface area contributed by atoms with Gasteiger partial charge in [0.25, 0.3) is 0 Å². The molecule has 0 amide bonds. The normalized spacial score (nSPS) is 17.0. The predicted octanol–water partition coefficient (Wildman–Crippen LogP) is 2.06. The van der Waals surface area contributed by atoms with Crippen molar-refractivity contribution >= 4 is 0 Å². The lowest BCUT2D eigenvalue weighted by Gasteiger charge is -2.24. The molecule has 1 radical (unpaired) electrons. The standard InChI is InChI=1S/C10H12NO/c1-3-9(4-1)8-12-10-5-2-6-11-7-10/h5-7,9H,1,3-4,8H2. The molecule has 0 aromatic carbocycles. The summed E-state index contributed by atoms with van der Waals surface area (Å²) in [5.41, 5.74) is 0. The van der Waals surface area contributed by atoms with E-state index in [1.807, 2.05) is 6.07 Å². The van der Waals surface area contributed by atoms with Gasteiger partial charge in [-0.3, -0.25) is 4.98 Å². The Morgan fingerprint density at radius 3 is 3.08 bits per heavy atom. The highest BCUT2D eigenvalue weighted by atomic mass is 16.5. The lowest BCUT2D eigenvalue weighted by molar-refractivity contribution is 0.180. The molecule has 1 heterocycles. The van der Waals surface area contributed by atoms with Crippen LogP contribution in [0.15, 0.2) is 18.5 Å². The fourth-order valence-corrected chi connectivity index (χ4v) is 1.26. The molecule has 0 unspecified atom stereocenters. The summed E-state index contributed by atoms with van der Waals surface area (Å²) in [4.78, 5) is 3.93. The lowest BCUT2D eigenvalue weighted by Crippen LogP contribution is -2.19. The SMILES string of the molecule is [c]1cncc(OCC2CCC2)c1. The smallest absolute Gasteiger partial charge is 0.138 e. The summed E-state index contributed by atoms with van der Waals surface area (Å²) in [5.74, 6) is 1.62. The Labute approximate surface area is 72.6 Å². The third-order valence-corrected chi connectivity index (χ3v) is 2.29. The molecule has 0 N–H and O–H groups in total. The monoisotopic (exact) mass is 162 g/mol. The van der Waals surface area contributed by atoms with Crippen LogP contribution in [0.2, 0.25) is 0 Å². The van der Waals surface area contributed by atoms with Crippen LogP contribution in [-0.4, -0.2) is 11.6 Å². The van der Waals surface area contributed by atoms with E-state index in [1.165, 1.54) is 19.3 Å². The molecule has 63 valence electrons. The Kier molecular flexibility index (Phi) is 2.26. The fraction of sp³-hybridized carbons (Fsp3) is 0.500. The zero-order chi connectivity index (χ0) is 8.23. The van der Waals surface area contributed by atoms with Gasteiger partial charge in [0.2, 0.25) is 0 Å². The molecular formula is C10H12NO. The Morgan fingerprint density at radius 1 is 1.58 bits per heavy atom. The number of aromatic nitrogens is 1. The molecule has 1 aliphatic carbocycles. The van der Waals surface area contributed by atoms with E-state index in [0.717, 1.165) is 18.3 Å². The minimum Gasteiger partial charge on any atom is -0.492 e. The first-order valence-electron chi connectivity index (χ1n) is 4.39. The first-order valence-corrected chi connectivity index (χ1v) is 4.39. The highest BCUT2D eigenvalue weighted by Gasteiger charge is 2.17. The van der Waals surface area contributed by atoms with Gasteiger partial charge in [-0.1, -0.05) is 6.42 Å². The second-order valence-electron chi connectivity index (χ2n) is 3.23. The van der Waals surface area contributed by atoms with E-state index >= 15 is 0 Å². The fourth-order valence-electron chi connectivity index (χ4n) is 1.26. The van der Waals surface area contributed by atoms with E-state index in [-0.39, 0.29) is 0 Å². The number of hydrogen-bond donors (Lipinski definition) is 0. The Balaban J connectivity index is 1.79. The van der Waals surface area contributed by atoms with E-state index < -0.39 is 0 Å². The van der Waals surface area contributed by atoms with Gasteiger partial charge < -0.3 is 4.74 Å². The summed E-state index contributed by atoms with van der Waals surface area (Å²) < 4.78 is 5.52. The molecule has 2 nitrogen and oxygen atoms in total. The quantitative estimate of drug-likeness (QED) is 0.678. The van der Waals surface area contributed by atoms with Gasteiger partial charge >= 0.3 is 0 Å². The third kappa shape index (κ3) is 1.76. The molecule has 1 aromatic rings. The Hall–Kier alpha value is -1.05. The van der Waals surface area contributed by atoms with Crippen molar-refractivity contribution in [1.29, 1.82) is 0 Å². The summed E-state index contributed by atoms with van der Waals surface area (Å²) in [7, 11) is 0. The van der Waals surface area contributed by atoms with Crippen molar-refractivity contribution in [2.75, 3.05) is 6.61 Å². The van der Waals surface area contributed by atoms with Gasteiger partial charge in [0.1, 0.15) is 5.75 Å². The summed E-state index contributed by atoms with van der Waals surface area (Å²) >= 11 is 0. The summed E-state index contributed by atoms with van der Waals surface area (Å²) in [5, 5.41) is 0. The van der Waals surface area contributed by atoms with E-state index in [1.54, 1.807) is 12.4 Å². The molecule has 2 rings (SSSR count). The van der Waals surface area contributed by atoms with Crippen molar-refractivity contribution in [3.05, 3.63) is 24.5 Å². The van der Waals surface area contributed by atoms with Crippen LogP contribution in [0.25, 0.3) is 0 Å². The minimum absolute atomic E-state index is 0.783. The summed E-state index contributed by atoms with van der Waals surface area (Å²) in [6.45, 7) is 0.847. The maximum Gasteiger partial charge on any atom is 0.138 e. The maximum atomic E-state index is 5.52. The highest BCUT2D eigenvalue weighted by Crippen LogP contribution is 2.26. The second kappa shape index (κ2) is 3.57. The van der Waals surface area contributed by atoms with E-state index in [9.17, 15) is 0 Å². The summed E-state index contributed by atoms with van der Waals surface area (Å²) in [6.07, 6.45) is 7.38. The van der Waals surface area contributed by atoms with Gasteiger partial charge in [-0.15, -0.1) is 0 Å². The van der Waals surface area contributed by atoms with Crippen LogP contribution in [-0.2, 0) is 0 Å². The van der Waals surface area contributed by atoms with E-state index in [4.69, 9.17) is 4.74 Å². The first-order chi connectivity index (χ1) is 5.95. The van der Waals surface area contributed by atoms with Crippen LogP contribution in [0.3, 0.4) is 0 Å². The molecule has 0 spiro atoms. The number of nitrogens with zero attached hydrogens (tertiary/aromatic N) is 1.